The van der Waals surface area contributed by atoms with Gasteiger partial charge in [0.05, 0.1) is 13.5 Å². The molecule has 2 rings (SSSR count). The topological polar surface area (TPSA) is 105 Å². The van der Waals surface area contributed by atoms with Crippen molar-refractivity contribution in [3.8, 4) is 5.75 Å². The van der Waals surface area contributed by atoms with Crippen molar-refractivity contribution in [2.24, 2.45) is 0 Å². The number of rotatable bonds is 8. The third-order valence-corrected chi connectivity index (χ3v) is 4.92. The molecule has 164 valence electrons. The lowest BCUT2D eigenvalue weighted by Gasteiger charge is -2.34. The van der Waals surface area contributed by atoms with Crippen LogP contribution in [0.5, 0.6) is 5.75 Å². The second-order valence-corrected chi connectivity index (χ2v) is 7.08. The first kappa shape index (κ1) is 23.2. The fourth-order valence-corrected chi connectivity index (χ4v) is 3.02. The van der Waals surface area contributed by atoms with Gasteiger partial charge in [-0.3, -0.25) is 19.2 Å². The van der Waals surface area contributed by atoms with Crippen LogP contribution in [0.25, 0.3) is 0 Å². The molecular weight excluding hydrogens is 390 g/mol. The van der Waals surface area contributed by atoms with E-state index in [0.29, 0.717) is 32.7 Å². The van der Waals surface area contributed by atoms with Gasteiger partial charge in [0.2, 0.25) is 11.8 Å². The lowest BCUT2D eigenvalue weighted by atomic mass is 10.2. The van der Waals surface area contributed by atoms with Gasteiger partial charge in [0.25, 0.3) is 5.91 Å². The Labute approximate surface area is 176 Å². The molecule has 1 saturated heterocycles. The van der Waals surface area contributed by atoms with E-state index in [9.17, 15) is 19.2 Å². The predicted octanol–water partition coefficient (Wildman–Crippen LogP) is 0.714. The molecule has 0 spiro atoms. The van der Waals surface area contributed by atoms with E-state index < -0.39 is 18.0 Å². The smallest absolute Gasteiger partial charge is 0.307 e. The molecule has 0 bridgehead atoms. The number of carbonyl (C=O) groups excluding carboxylic acids is 4. The Bertz CT molecular complexity index is 757. The molecule has 1 fully saturated rings. The van der Waals surface area contributed by atoms with Crippen LogP contribution >= 0.6 is 0 Å². The van der Waals surface area contributed by atoms with E-state index >= 15 is 0 Å². The third kappa shape index (κ3) is 7.06. The van der Waals surface area contributed by atoms with Crippen LogP contribution in [0.15, 0.2) is 24.3 Å². The molecule has 0 saturated carbocycles. The van der Waals surface area contributed by atoms with Crippen molar-refractivity contribution in [3.05, 3.63) is 29.8 Å². The molecule has 1 aliphatic rings. The van der Waals surface area contributed by atoms with Crippen LogP contribution in [-0.2, 0) is 30.5 Å². The van der Waals surface area contributed by atoms with Gasteiger partial charge in [0, 0.05) is 46.1 Å². The van der Waals surface area contributed by atoms with Crippen LogP contribution in [-0.4, -0.2) is 72.9 Å². The van der Waals surface area contributed by atoms with Crippen LogP contribution in [0.3, 0.4) is 0 Å². The number of esters is 1. The van der Waals surface area contributed by atoms with Crippen LogP contribution in [0, 0.1) is 0 Å². The number of carbonyl (C=O) groups is 4. The summed E-state index contributed by atoms with van der Waals surface area (Å²) in [5, 5.41) is 2.71. The normalized spacial score (nSPS) is 14.6. The molecule has 1 aromatic rings. The van der Waals surface area contributed by atoms with Gasteiger partial charge in [0.1, 0.15) is 5.75 Å². The zero-order valence-electron chi connectivity index (χ0n) is 17.7. The largest absolute Gasteiger partial charge is 0.497 e. The monoisotopic (exact) mass is 419 g/mol. The molecule has 30 heavy (non-hydrogen) atoms. The number of benzene rings is 1. The number of hydrogen-bond acceptors (Lipinski definition) is 6. The maximum absolute atomic E-state index is 12.2. The van der Waals surface area contributed by atoms with Crippen molar-refractivity contribution >= 4 is 23.7 Å². The highest BCUT2D eigenvalue weighted by molar-refractivity contribution is 5.85. The van der Waals surface area contributed by atoms with Crippen molar-refractivity contribution in [2.75, 3.05) is 33.3 Å². The number of hydrogen-bond donors (Lipinski definition) is 1. The Balaban J connectivity index is 1.67. The van der Waals surface area contributed by atoms with E-state index in [-0.39, 0.29) is 24.7 Å². The average molecular weight is 419 g/mol. The van der Waals surface area contributed by atoms with Crippen LogP contribution in [0.2, 0.25) is 0 Å². The molecule has 9 heteroatoms. The highest BCUT2D eigenvalue weighted by Gasteiger charge is 2.23. The molecule has 0 radical (unpaired) electrons. The maximum atomic E-state index is 12.2. The van der Waals surface area contributed by atoms with Gasteiger partial charge in [0.15, 0.2) is 6.10 Å². The molecule has 0 unspecified atom stereocenters. The minimum Gasteiger partial charge on any atom is -0.497 e. The number of ether oxygens (including phenoxy) is 2. The Kier molecular flexibility index (Phi) is 8.64. The summed E-state index contributed by atoms with van der Waals surface area (Å²) in [4.78, 5) is 51.0. The summed E-state index contributed by atoms with van der Waals surface area (Å²) in [5.74, 6) is -0.456. The van der Waals surface area contributed by atoms with Crippen molar-refractivity contribution < 1.29 is 28.7 Å². The van der Waals surface area contributed by atoms with Gasteiger partial charge < -0.3 is 24.6 Å². The third-order valence-electron chi connectivity index (χ3n) is 4.92. The summed E-state index contributed by atoms with van der Waals surface area (Å²) < 4.78 is 10.2. The first-order chi connectivity index (χ1) is 14.3. The minimum absolute atomic E-state index is 0.00932. The van der Waals surface area contributed by atoms with Gasteiger partial charge >= 0.3 is 5.97 Å². The molecule has 1 aliphatic heterocycles. The number of nitrogens with one attached hydrogen (secondary N) is 1. The second-order valence-electron chi connectivity index (χ2n) is 7.08. The highest BCUT2D eigenvalue weighted by Crippen LogP contribution is 2.11. The standard InChI is InChI=1S/C21H29N3O6/c1-15(21(28)22-14-17-4-6-18(29-3)7-5-17)30-20(27)9-8-19(26)24-12-10-23(11-13-24)16(2)25/h4-7,15H,8-14H2,1-3H3,(H,22,28)/t15-/m0/s1. The average Bonchev–Trinajstić information content (AvgIpc) is 2.76. The van der Waals surface area contributed by atoms with Gasteiger partial charge in [-0.25, -0.2) is 0 Å². The van der Waals surface area contributed by atoms with Crippen LogP contribution < -0.4 is 10.1 Å². The molecule has 9 nitrogen and oxygen atoms in total. The first-order valence-corrected chi connectivity index (χ1v) is 9.93. The fourth-order valence-electron chi connectivity index (χ4n) is 3.02. The summed E-state index contributed by atoms with van der Waals surface area (Å²) in [6.07, 6.45) is -1.04. The summed E-state index contributed by atoms with van der Waals surface area (Å²) in [7, 11) is 1.58. The molecule has 0 aromatic heterocycles. The maximum Gasteiger partial charge on any atom is 0.307 e. The quantitative estimate of drug-likeness (QED) is 0.623. The minimum atomic E-state index is -0.954. The van der Waals surface area contributed by atoms with E-state index in [1.54, 1.807) is 29.0 Å². The van der Waals surface area contributed by atoms with Crippen molar-refractivity contribution in [1.82, 2.24) is 15.1 Å². The van der Waals surface area contributed by atoms with E-state index in [1.165, 1.54) is 13.8 Å². The first-order valence-electron chi connectivity index (χ1n) is 9.93. The van der Waals surface area contributed by atoms with Crippen LogP contribution in [0.4, 0.5) is 0 Å². The molecule has 0 aliphatic carbocycles. The predicted molar refractivity (Wildman–Crippen MR) is 108 cm³/mol. The number of methoxy groups -OCH3 is 1. The number of piperazine rings is 1. The van der Waals surface area contributed by atoms with Gasteiger partial charge in [-0.2, -0.15) is 0 Å². The van der Waals surface area contributed by atoms with E-state index in [0.717, 1.165) is 11.3 Å². The van der Waals surface area contributed by atoms with Crippen molar-refractivity contribution in [2.45, 2.75) is 39.3 Å². The molecule has 1 atom stereocenters. The molecular formula is C21H29N3O6. The Hall–Kier alpha value is -3.10. The molecule has 1 heterocycles. The lowest BCUT2D eigenvalue weighted by Crippen LogP contribution is -2.50. The van der Waals surface area contributed by atoms with E-state index in [2.05, 4.69) is 5.32 Å². The molecule has 1 aromatic carbocycles. The summed E-state index contributed by atoms with van der Waals surface area (Å²) >= 11 is 0. The second kappa shape index (κ2) is 11.2. The van der Waals surface area contributed by atoms with Gasteiger partial charge in [-0.05, 0) is 24.6 Å². The zero-order valence-corrected chi connectivity index (χ0v) is 17.7. The summed E-state index contributed by atoms with van der Waals surface area (Å²) in [5.41, 5.74) is 0.887. The SMILES string of the molecule is COc1ccc(CNC(=O)[C@H](C)OC(=O)CCC(=O)N2CCN(C(C)=O)CC2)cc1. The van der Waals surface area contributed by atoms with Gasteiger partial charge in [-0.1, -0.05) is 12.1 Å². The zero-order chi connectivity index (χ0) is 22.1. The van der Waals surface area contributed by atoms with Crippen molar-refractivity contribution in [1.29, 1.82) is 0 Å². The lowest BCUT2D eigenvalue weighted by molar-refractivity contribution is -0.156. The van der Waals surface area contributed by atoms with E-state index in [4.69, 9.17) is 9.47 Å². The highest BCUT2D eigenvalue weighted by atomic mass is 16.5. The van der Waals surface area contributed by atoms with Crippen molar-refractivity contribution in [3.63, 3.8) is 0 Å². The van der Waals surface area contributed by atoms with Crippen LogP contribution in [0.1, 0.15) is 32.3 Å². The Morgan fingerprint density at radius 3 is 2.17 bits per heavy atom. The summed E-state index contributed by atoms with van der Waals surface area (Å²) in [6, 6.07) is 7.25. The molecule has 3 amide bonds. The fraction of sp³-hybridized carbons (Fsp3) is 0.524. The Morgan fingerprint density at radius 1 is 1.00 bits per heavy atom. The van der Waals surface area contributed by atoms with E-state index in [1.807, 2.05) is 12.1 Å². The van der Waals surface area contributed by atoms with Gasteiger partial charge in [-0.15, -0.1) is 0 Å². The number of amides is 3. The number of nitrogens with zero attached hydrogens (tertiary/aromatic N) is 2. The summed E-state index contributed by atoms with van der Waals surface area (Å²) in [6.45, 7) is 5.20. The molecule has 1 N–H and O–H groups in total. The Morgan fingerprint density at radius 2 is 1.60 bits per heavy atom.